The van der Waals surface area contributed by atoms with Crippen LogP contribution in [0.25, 0.3) is 0 Å². The second-order valence-corrected chi connectivity index (χ2v) is 6.48. The van der Waals surface area contributed by atoms with Crippen molar-refractivity contribution in [3.8, 4) is 0 Å². The van der Waals surface area contributed by atoms with Gasteiger partial charge in [0.2, 0.25) is 5.91 Å². The van der Waals surface area contributed by atoms with Gasteiger partial charge < -0.3 is 4.90 Å². The number of amides is 1. The summed E-state index contributed by atoms with van der Waals surface area (Å²) in [6.07, 6.45) is 1.08. The van der Waals surface area contributed by atoms with Gasteiger partial charge in [-0.3, -0.25) is 9.69 Å². The molecule has 0 saturated heterocycles. The largest absolute Gasteiger partial charge is 0.316 e. The zero-order valence-electron chi connectivity index (χ0n) is 14.2. The Morgan fingerprint density at radius 3 is 2.65 bits per heavy atom. The molecule has 0 aromatic heterocycles. The molecular weight excluding hydrogens is 284 g/mol. The van der Waals surface area contributed by atoms with Crippen LogP contribution < -0.4 is 4.90 Å². The summed E-state index contributed by atoms with van der Waals surface area (Å²) in [4.78, 5) is 15.7. The second kappa shape index (κ2) is 6.55. The number of carbonyl (C=O) groups excluding carboxylic acids is 1. The molecule has 2 aromatic carbocycles. The van der Waals surface area contributed by atoms with E-state index >= 15 is 0 Å². The van der Waals surface area contributed by atoms with Gasteiger partial charge in [-0.15, -0.1) is 0 Å². The standard InChI is InChI=1S/C20H24N2O/c1-15-5-4-6-17(11-15)9-10-22-13-18-7-8-20(12-19(18)14-22)21(3)16(2)23/h4-8,11-12H,9-10,13-14H2,1-3H3. The van der Waals surface area contributed by atoms with Gasteiger partial charge in [-0.25, -0.2) is 0 Å². The minimum atomic E-state index is 0.0688. The van der Waals surface area contributed by atoms with Crippen LogP contribution in [0.4, 0.5) is 5.69 Å². The Hall–Kier alpha value is -2.13. The summed E-state index contributed by atoms with van der Waals surface area (Å²) in [5.41, 5.74) is 6.44. The Labute approximate surface area is 138 Å². The number of anilines is 1. The van der Waals surface area contributed by atoms with Crippen molar-refractivity contribution in [2.45, 2.75) is 33.4 Å². The molecule has 0 aliphatic carbocycles. The summed E-state index contributed by atoms with van der Waals surface area (Å²) in [5, 5.41) is 0. The maximum Gasteiger partial charge on any atom is 0.223 e. The molecule has 3 rings (SSSR count). The van der Waals surface area contributed by atoms with Crippen molar-refractivity contribution in [2.75, 3.05) is 18.5 Å². The van der Waals surface area contributed by atoms with Gasteiger partial charge >= 0.3 is 0 Å². The lowest BCUT2D eigenvalue weighted by Crippen LogP contribution is -2.22. The van der Waals surface area contributed by atoms with E-state index in [9.17, 15) is 4.79 Å². The van der Waals surface area contributed by atoms with Crippen molar-refractivity contribution in [3.05, 3.63) is 64.7 Å². The van der Waals surface area contributed by atoms with Crippen molar-refractivity contribution in [1.82, 2.24) is 4.90 Å². The summed E-state index contributed by atoms with van der Waals surface area (Å²) in [7, 11) is 1.83. The summed E-state index contributed by atoms with van der Waals surface area (Å²) in [6, 6.07) is 15.1. The monoisotopic (exact) mass is 308 g/mol. The van der Waals surface area contributed by atoms with Gasteiger partial charge in [-0.2, -0.15) is 0 Å². The number of hydrogen-bond acceptors (Lipinski definition) is 2. The molecule has 0 radical (unpaired) electrons. The highest BCUT2D eigenvalue weighted by Gasteiger charge is 2.20. The van der Waals surface area contributed by atoms with E-state index in [1.807, 2.05) is 13.1 Å². The Balaban J connectivity index is 1.64. The average molecular weight is 308 g/mol. The molecule has 1 heterocycles. The minimum Gasteiger partial charge on any atom is -0.316 e. The Kier molecular flexibility index (Phi) is 4.49. The lowest BCUT2D eigenvalue weighted by atomic mass is 10.1. The van der Waals surface area contributed by atoms with E-state index in [2.05, 4.69) is 48.2 Å². The van der Waals surface area contributed by atoms with Crippen molar-refractivity contribution in [1.29, 1.82) is 0 Å². The van der Waals surface area contributed by atoms with Crippen LogP contribution in [0.5, 0.6) is 0 Å². The van der Waals surface area contributed by atoms with Crippen LogP contribution >= 0.6 is 0 Å². The molecule has 23 heavy (non-hydrogen) atoms. The van der Waals surface area contributed by atoms with Crippen molar-refractivity contribution in [2.24, 2.45) is 0 Å². The zero-order valence-corrected chi connectivity index (χ0v) is 14.2. The molecule has 0 bridgehead atoms. The van der Waals surface area contributed by atoms with Gasteiger partial charge in [0, 0.05) is 39.3 Å². The number of carbonyl (C=O) groups is 1. The van der Waals surface area contributed by atoms with E-state index in [1.54, 1.807) is 11.8 Å². The zero-order chi connectivity index (χ0) is 16.4. The first-order valence-corrected chi connectivity index (χ1v) is 8.17. The Bertz CT molecular complexity index is 723. The first-order chi connectivity index (χ1) is 11.0. The van der Waals surface area contributed by atoms with Gasteiger partial charge in [-0.1, -0.05) is 35.9 Å². The highest BCUT2D eigenvalue weighted by molar-refractivity contribution is 5.91. The molecule has 120 valence electrons. The first-order valence-electron chi connectivity index (χ1n) is 8.17. The van der Waals surface area contributed by atoms with Crippen LogP contribution in [0.2, 0.25) is 0 Å². The first kappa shape index (κ1) is 15.8. The number of hydrogen-bond donors (Lipinski definition) is 0. The fourth-order valence-electron chi connectivity index (χ4n) is 3.15. The normalized spacial score (nSPS) is 13.9. The molecular formula is C20H24N2O. The molecule has 2 aromatic rings. The third-order valence-electron chi connectivity index (χ3n) is 4.64. The van der Waals surface area contributed by atoms with E-state index in [1.165, 1.54) is 22.3 Å². The van der Waals surface area contributed by atoms with Gasteiger partial charge in [0.1, 0.15) is 0 Å². The molecule has 0 N–H and O–H groups in total. The minimum absolute atomic E-state index is 0.0688. The quantitative estimate of drug-likeness (QED) is 0.862. The van der Waals surface area contributed by atoms with Gasteiger partial charge in [-0.05, 0) is 42.2 Å². The fourth-order valence-corrected chi connectivity index (χ4v) is 3.15. The highest BCUT2D eigenvalue weighted by Crippen LogP contribution is 2.27. The van der Waals surface area contributed by atoms with Gasteiger partial charge in [0.05, 0.1) is 0 Å². The molecule has 0 fully saturated rings. The fraction of sp³-hybridized carbons (Fsp3) is 0.350. The molecule has 3 heteroatoms. The Morgan fingerprint density at radius 1 is 1.13 bits per heavy atom. The van der Waals surface area contributed by atoms with Crippen LogP contribution in [-0.4, -0.2) is 24.4 Å². The number of aryl methyl sites for hydroxylation is 1. The SMILES string of the molecule is CC(=O)N(C)c1ccc2c(c1)CN(CCc1cccc(C)c1)C2. The van der Waals surface area contributed by atoms with E-state index in [0.29, 0.717) is 0 Å². The smallest absolute Gasteiger partial charge is 0.223 e. The molecule has 0 spiro atoms. The number of nitrogens with zero attached hydrogens (tertiary/aromatic N) is 2. The van der Waals surface area contributed by atoms with Crippen LogP contribution in [-0.2, 0) is 24.3 Å². The molecule has 1 aliphatic rings. The molecule has 0 saturated carbocycles. The number of benzene rings is 2. The lowest BCUT2D eigenvalue weighted by molar-refractivity contribution is -0.116. The second-order valence-electron chi connectivity index (χ2n) is 6.48. The van der Waals surface area contributed by atoms with E-state index in [-0.39, 0.29) is 5.91 Å². The van der Waals surface area contributed by atoms with Gasteiger partial charge in [0.15, 0.2) is 0 Å². The molecule has 0 unspecified atom stereocenters. The van der Waals surface area contributed by atoms with E-state index in [0.717, 1.165) is 31.7 Å². The lowest BCUT2D eigenvalue weighted by Gasteiger charge is -2.16. The van der Waals surface area contributed by atoms with E-state index in [4.69, 9.17) is 0 Å². The topological polar surface area (TPSA) is 23.6 Å². The maximum atomic E-state index is 11.5. The molecule has 1 amide bonds. The van der Waals surface area contributed by atoms with Crippen LogP contribution in [0.1, 0.15) is 29.2 Å². The molecule has 1 aliphatic heterocycles. The number of fused-ring (bicyclic) bond motifs is 1. The van der Waals surface area contributed by atoms with Crippen molar-refractivity contribution < 1.29 is 4.79 Å². The van der Waals surface area contributed by atoms with Gasteiger partial charge in [0.25, 0.3) is 0 Å². The third kappa shape index (κ3) is 3.62. The Morgan fingerprint density at radius 2 is 1.91 bits per heavy atom. The summed E-state index contributed by atoms with van der Waals surface area (Å²) >= 11 is 0. The van der Waals surface area contributed by atoms with E-state index < -0.39 is 0 Å². The third-order valence-corrected chi connectivity index (χ3v) is 4.64. The molecule has 0 atom stereocenters. The summed E-state index contributed by atoms with van der Waals surface area (Å²) in [5.74, 6) is 0.0688. The highest BCUT2D eigenvalue weighted by atomic mass is 16.2. The predicted molar refractivity (Wildman–Crippen MR) is 94.5 cm³/mol. The predicted octanol–water partition coefficient (Wildman–Crippen LogP) is 3.54. The summed E-state index contributed by atoms with van der Waals surface area (Å²) in [6.45, 7) is 6.78. The average Bonchev–Trinajstić information content (AvgIpc) is 2.94. The van der Waals surface area contributed by atoms with Crippen LogP contribution in [0.3, 0.4) is 0 Å². The van der Waals surface area contributed by atoms with Crippen molar-refractivity contribution >= 4 is 11.6 Å². The van der Waals surface area contributed by atoms with Crippen molar-refractivity contribution in [3.63, 3.8) is 0 Å². The summed E-state index contributed by atoms with van der Waals surface area (Å²) < 4.78 is 0. The maximum absolute atomic E-state index is 11.5. The molecule has 3 nitrogen and oxygen atoms in total. The van der Waals surface area contributed by atoms with Crippen LogP contribution in [0.15, 0.2) is 42.5 Å². The number of rotatable bonds is 4. The van der Waals surface area contributed by atoms with Crippen LogP contribution in [0, 0.1) is 6.92 Å².